The van der Waals surface area contributed by atoms with E-state index in [1.54, 1.807) is 11.8 Å². The molecule has 1 amide bonds. The maximum absolute atomic E-state index is 12.0. The number of nitro benzene ring substituents is 1. The minimum Gasteiger partial charge on any atom is -0.392 e. The lowest BCUT2D eigenvalue weighted by atomic mass is 10.1. The van der Waals surface area contributed by atoms with E-state index in [4.69, 9.17) is 17.3 Å². The van der Waals surface area contributed by atoms with Crippen LogP contribution in [0.3, 0.4) is 0 Å². The van der Waals surface area contributed by atoms with Gasteiger partial charge in [0.2, 0.25) is 0 Å². The highest BCUT2D eigenvalue weighted by Crippen LogP contribution is 2.30. The highest BCUT2D eigenvalue weighted by molar-refractivity contribution is 7.98. The first kappa shape index (κ1) is 16.6. The number of amides is 1. The molecule has 1 unspecified atom stereocenters. The Hall–Kier alpha value is -1.47. The zero-order valence-corrected chi connectivity index (χ0v) is 12.8. The number of nitrogens with zero attached hydrogens (tertiary/aromatic N) is 1. The Morgan fingerprint density at radius 1 is 1.60 bits per heavy atom. The second-order valence-corrected chi connectivity index (χ2v) is 5.70. The van der Waals surface area contributed by atoms with Crippen LogP contribution in [0.1, 0.15) is 23.7 Å². The lowest BCUT2D eigenvalue weighted by Crippen LogP contribution is -2.33. The normalized spacial score (nSPS) is 11.9. The number of nitro groups is 1. The molecule has 1 aromatic rings. The van der Waals surface area contributed by atoms with E-state index in [2.05, 4.69) is 5.32 Å². The SMILES string of the molecule is CSCCC(C)NC(=O)c1cc(Cl)c(N)c([N+](=O)[O-])c1. The smallest absolute Gasteiger partial charge is 0.294 e. The van der Waals surface area contributed by atoms with Crippen LogP contribution < -0.4 is 11.1 Å². The Morgan fingerprint density at radius 3 is 2.80 bits per heavy atom. The third-order valence-electron chi connectivity index (χ3n) is 2.70. The second kappa shape index (κ2) is 7.35. The fourth-order valence-electron chi connectivity index (χ4n) is 1.56. The van der Waals surface area contributed by atoms with Gasteiger partial charge in [-0.15, -0.1) is 0 Å². The van der Waals surface area contributed by atoms with Gasteiger partial charge in [-0.2, -0.15) is 11.8 Å². The van der Waals surface area contributed by atoms with Gasteiger partial charge in [-0.1, -0.05) is 11.6 Å². The molecule has 0 aliphatic carbocycles. The molecular formula is C12H16ClN3O3S. The standard InChI is InChI=1S/C12H16ClN3O3S/c1-7(3-4-20-2)15-12(17)8-5-9(13)11(14)10(6-8)16(18)19/h5-7H,3-4,14H2,1-2H3,(H,15,17). The minimum absolute atomic E-state index is 0.00103. The molecule has 110 valence electrons. The molecule has 1 atom stereocenters. The molecule has 0 spiro atoms. The summed E-state index contributed by atoms with van der Waals surface area (Å²) in [5.74, 6) is 0.521. The summed E-state index contributed by atoms with van der Waals surface area (Å²) in [7, 11) is 0. The van der Waals surface area contributed by atoms with Crippen molar-refractivity contribution in [3.05, 3.63) is 32.8 Å². The first-order valence-electron chi connectivity index (χ1n) is 5.90. The summed E-state index contributed by atoms with van der Waals surface area (Å²) in [6.45, 7) is 1.88. The summed E-state index contributed by atoms with van der Waals surface area (Å²) >= 11 is 7.50. The molecular weight excluding hydrogens is 302 g/mol. The van der Waals surface area contributed by atoms with Gasteiger partial charge in [0.05, 0.1) is 9.95 Å². The fourth-order valence-corrected chi connectivity index (χ4v) is 2.36. The van der Waals surface area contributed by atoms with Crippen LogP contribution in [0, 0.1) is 10.1 Å². The summed E-state index contributed by atoms with van der Waals surface area (Å²) in [5.41, 5.74) is 5.15. The van der Waals surface area contributed by atoms with E-state index in [0.717, 1.165) is 18.2 Å². The maximum Gasteiger partial charge on any atom is 0.294 e. The molecule has 3 N–H and O–H groups in total. The van der Waals surface area contributed by atoms with E-state index in [0.29, 0.717) is 0 Å². The van der Waals surface area contributed by atoms with Crippen molar-refractivity contribution in [1.82, 2.24) is 5.32 Å². The minimum atomic E-state index is -0.658. The first-order valence-corrected chi connectivity index (χ1v) is 7.67. The Balaban J connectivity index is 2.91. The van der Waals surface area contributed by atoms with Crippen molar-refractivity contribution >= 4 is 40.6 Å². The van der Waals surface area contributed by atoms with E-state index >= 15 is 0 Å². The number of nitrogens with one attached hydrogen (secondary N) is 1. The largest absolute Gasteiger partial charge is 0.392 e. The van der Waals surface area contributed by atoms with Crippen molar-refractivity contribution in [2.75, 3.05) is 17.7 Å². The van der Waals surface area contributed by atoms with Crippen molar-refractivity contribution < 1.29 is 9.72 Å². The highest BCUT2D eigenvalue weighted by atomic mass is 35.5. The number of rotatable bonds is 6. The molecule has 20 heavy (non-hydrogen) atoms. The summed E-state index contributed by atoms with van der Waals surface area (Å²) in [6.07, 6.45) is 2.80. The number of nitrogens with two attached hydrogens (primary N) is 1. The number of carbonyl (C=O) groups is 1. The fraction of sp³-hybridized carbons (Fsp3) is 0.417. The molecule has 0 aliphatic heterocycles. The van der Waals surface area contributed by atoms with Crippen LogP contribution >= 0.6 is 23.4 Å². The van der Waals surface area contributed by atoms with E-state index in [-0.39, 0.29) is 28.0 Å². The van der Waals surface area contributed by atoms with E-state index < -0.39 is 10.8 Å². The van der Waals surface area contributed by atoms with Crippen molar-refractivity contribution in [3.63, 3.8) is 0 Å². The Morgan fingerprint density at radius 2 is 2.25 bits per heavy atom. The third-order valence-corrected chi connectivity index (χ3v) is 3.66. The van der Waals surface area contributed by atoms with Crippen molar-refractivity contribution in [2.45, 2.75) is 19.4 Å². The molecule has 1 aromatic carbocycles. The Labute approximate surface area is 126 Å². The van der Waals surface area contributed by atoms with Gasteiger partial charge in [-0.3, -0.25) is 14.9 Å². The molecule has 0 aliphatic rings. The number of carbonyl (C=O) groups excluding carboxylic acids is 1. The molecule has 6 nitrogen and oxygen atoms in total. The third kappa shape index (κ3) is 4.28. The monoisotopic (exact) mass is 317 g/mol. The Kier molecular flexibility index (Phi) is 6.09. The summed E-state index contributed by atoms with van der Waals surface area (Å²) in [4.78, 5) is 22.2. The molecule has 0 saturated carbocycles. The van der Waals surface area contributed by atoms with Crippen LogP contribution in [-0.4, -0.2) is 28.9 Å². The summed E-state index contributed by atoms with van der Waals surface area (Å²) in [6, 6.07) is 2.45. The molecule has 0 heterocycles. The van der Waals surface area contributed by atoms with Crippen LogP contribution in [-0.2, 0) is 0 Å². The van der Waals surface area contributed by atoms with Crippen LogP contribution in [0.2, 0.25) is 5.02 Å². The maximum atomic E-state index is 12.0. The average molecular weight is 318 g/mol. The topological polar surface area (TPSA) is 98.3 Å². The predicted molar refractivity (Wildman–Crippen MR) is 82.4 cm³/mol. The molecule has 0 aromatic heterocycles. The van der Waals surface area contributed by atoms with Gasteiger partial charge >= 0.3 is 0 Å². The summed E-state index contributed by atoms with van der Waals surface area (Å²) in [5, 5.41) is 13.6. The number of hydrogen-bond donors (Lipinski definition) is 2. The van der Waals surface area contributed by atoms with Gasteiger partial charge in [0.1, 0.15) is 5.69 Å². The van der Waals surface area contributed by atoms with Gasteiger partial charge < -0.3 is 11.1 Å². The molecule has 8 heteroatoms. The number of nitrogen functional groups attached to an aromatic ring is 1. The van der Waals surface area contributed by atoms with Crippen LogP contribution in [0.5, 0.6) is 0 Å². The lowest BCUT2D eigenvalue weighted by Gasteiger charge is -2.13. The zero-order chi connectivity index (χ0) is 15.3. The summed E-state index contributed by atoms with van der Waals surface area (Å²) < 4.78 is 0. The molecule has 0 saturated heterocycles. The average Bonchev–Trinajstić information content (AvgIpc) is 2.38. The Bertz CT molecular complexity index is 525. The van der Waals surface area contributed by atoms with Gasteiger partial charge in [0, 0.05) is 17.7 Å². The van der Waals surface area contributed by atoms with E-state index in [9.17, 15) is 14.9 Å². The number of thioether (sulfide) groups is 1. The lowest BCUT2D eigenvalue weighted by molar-refractivity contribution is -0.383. The van der Waals surface area contributed by atoms with E-state index in [1.165, 1.54) is 6.07 Å². The second-order valence-electron chi connectivity index (χ2n) is 4.30. The highest BCUT2D eigenvalue weighted by Gasteiger charge is 2.20. The first-order chi connectivity index (χ1) is 9.36. The number of hydrogen-bond acceptors (Lipinski definition) is 5. The molecule has 0 bridgehead atoms. The molecule has 0 radical (unpaired) electrons. The quantitative estimate of drug-likeness (QED) is 0.477. The van der Waals surface area contributed by atoms with Gasteiger partial charge in [-0.25, -0.2) is 0 Å². The zero-order valence-electron chi connectivity index (χ0n) is 11.2. The molecule has 0 fully saturated rings. The van der Waals surface area contributed by atoms with Crippen LogP contribution in [0.4, 0.5) is 11.4 Å². The van der Waals surface area contributed by atoms with Crippen molar-refractivity contribution in [2.24, 2.45) is 0 Å². The van der Waals surface area contributed by atoms with Crippen molar-refractivity contribution in [3.8, 4) is 0 Å². The van der Waals surface area contributed by atoms with Gasteiger partial charge in [0.25, 0.3) is 11.6 Å². The molecule has 1 rings (SSSR count). The predicted octanol–water partition coefficient (Wildman–Crippen LogP) is 2.70. The number of anilines is 1. The van der Waals surface area contributed by atoms with E-state index in [1.807, 2.05) is 13.2 Å². The van der Waals surface area contributed by atoms with Gasteiger partial charge in [-0.05, 0) is 31.4 Å². The van der Waals surface area contributed by atoms with Crippen LogP contribution in [0.25, 0.3) is 0 Å². The van der Waals surface area contributed by atoms with Gasteiger partial charge in [0.15, 0.2) is 0 Å². The number of benzene rings is 1. The number of halogens is 1. The van der Waals surface area contributed by atoms with Crippen LogP contribution in [0.15, 0.2) is 12.1 Å². The van der Waals surface area contributed by atoms with Crippen molar-refractivity contribution in [1.29, 1.82) is 0 Å².